The summed E-state index contributed by atoms with van der Waals surface area (Å²) in [6, 6.07) is 12.8. The number of thiophene rings is 1. The van der Waals surface area contributed by atoms with Crippen molar-refractivity contribution in [3.05, 3.63) is 59.6 Å². The molecular weight excluding hydrogens is 342 g/mol. The largest absolute Gasteiger partial charge is 0.354 e. The van der Waals surface area contributed by atoms with Crippen LogP contribution in [-0.4, -0.2) is 32.8 Å². The molecule has 1 saturated heterocycles. The Balaban J connectivity index is 1.59. The van der Waals surface area contributed by atoms with Gasteiger partial charge in [-0.2, -0.15) is 16.4 Å². The first kappa shape index (κ1) is 15.5. The SMILES string of the molecule is c1ccc2c(N3CCCC(n4cccn4)C3)nc(-c3ccsc3)nc2c1. The van der Waals surface area contributed by atoms with E-state index in [-0.39, 0.29) is 0 Å². The molecule has 0 bridgehead atoms. The van der Waals surface area contributed by atoms with Crippen LogP contribution in [-0.2, 0) is 0 Å². The first-order chi connectivity index (χ1) is 12.9. The van der Waals surface area contributed by atoms with Crippen LogP contribution < -0.4 is 4.90 Å². The third-order valence-corrected chi connectivity index (χ3v) is 5.64. The van der Waals surface area contributed by atoms with Gasteiger partial charge in [0, 0.05) is 41.8 Å². The van der Waals surface area contributed by atoms with Gasteiger partial charge in [-0.05, 0) is 42.5 Å². The fourth-order valence-electron chi connectivity index (χ4n) is 3.68. The summed E-state index contributed by atoms with van der Waals surface area (Å²) in [5.74, 6) is 1.84. The van der Waals surface area contributed by atoms with Gasteiger partial charge in [0.15, 0.2) is 5.82 Å². The minimum Gasteiger partial charge on any atom is -0.354 e. The maximum Gasteiger partial charge on any atom is 0.162 e. The molecule has 0 saturated carbocycles. The standard InChI is InChI=1S/C20H19N5S/c1-2-7-18-17(6-1)20(23-19(22-18)15-8-12-26-14-15)24-10-3-5-16(13-24)25-11-4-9-21-25/h1-2,4,6-9,11-12,14,16H,3,5,10,13H2. The summed E-state index contributed by atoms with van der Waals surface area (Å²) in [4.78, 5) is 12.2. The van der Waals surface area contributed by atoms with Gasteiger partial charge in [0.2, 0.25) is 0 Å². The Kier molecular flexibility index (Phi) is 3.90. The highest BCUT2D eigenvalue weighted by Gasteiger charge is 2.24. The van der Waals surface area contributed by atoms with E-state index in [1.165, 1.54) is 0 Å². The van der Waals surface area contributed by atoms with Gasteiger partial charge in [-0.1, -0.05) is 12.1 Å². The second kappa shape index (κ2) is 6.53. The predicted octanol–water partition coefficient (Wildman–Crippen LogP) is 4.40. The number of fused-ring (bicyclic) bond motifs is 1. The van der Waals surface area contributed by atoms with Crippen molar-refractivity contribution in [2.24, 2.45) is 0 Å². The zero-order chi connectivity index (χ0) is 17.3. The molecule has 1 fully saturated rings. The fourth-order valence-corrected chi connectivity index (χ4v) is 4.32. The lowest BCUT2D eigenvalue weighted by Crippen LogP contribution is -2.37. The van der Waals surface area contributed by atoms with Crippen molar-refractivity contribution in [1.82, 2.24) is 19.7 Å². The number of anilines is 1. The Hall–Kier alpha value is -2.73. The van der Waals surface area contributed by atoms with Crippen LogP contribution >= 0.6 is 11.3 Å². The summed E-state index contributed by atoms with van der Waals surface area (Å²) in [6.45, 7) is 1.94. The maximum atomic E-state index is 4.97. The summed E-state index contributed by atoms with van der Waals surface area (Å²) >= 11 is 1.67. The van der Waals surface area contributed by atoms with Gasteiger partial charge in [0.05, 0.1) is 11.6 Å². The second-order valence-electron chi connectivity index (χ2n) is 6.63. The average Bonchev–Trinajstić information content (AvgIpc) is 3.41. The van der Waals surface area contributed by atoms with Gasteiger partial charge in [0.25, 0.3) is 0 Å². The van der Waals surface area contributed by atoms with Gasteiger partial charge >= 0.3 is 0 Å². The van der Waals surface area contributed by atoms with Crippen molar-refractivity contribution in [2.45, 2.75) is 18.9 Å². The molecule has 1 aliphatic heterocycles. The van der Waals surface area contributed by atoms with Crippen molar-refractivity contribution in [1.29, 1.82) is 0 Å². The Labute approximate surface area is 155 Å². The number of hydrogen-bond donors (Lipinski definition) is 0. The van der Waals surface area contributed by atoms with E-state index in [1.54, 1.807) is 11.3 Å². The van der Waals surface area contributed by atoms with Crippen LogP contribution in [0.5, 0.6) is 0 Å². The Morgan fingerprint density at radius 3 is 2.88 bits per heavy atom. The molecule has 5 nitrogen and oxygen atoms in total. The summed E-state index contributed by atoms with van der Waals surface area (Å²) in [6.07, 6.45) is 6.20. The normalized spacial score (nSPS) is 17.7. The second-order valence-corrected chi connectivity index (χ2v) is 7.41. The molecule has 1 atom stereocenters. The van der Waals surface area contributed by atoms with E-state index in [2.05, 4.69) is 55.9 Å². The van der Waals surface area contributed by atoms with Crippen molar-refractivity contribution >= 4 is 28.1 Å². The number of aromatic nitrogens is 4. The first-order valence-corrected chi connectivity index (χ1v) is 9.86. The molecule has 6 heteroatoms. The van der Waals surface area contributed by atoms with Gasteiger partial charge in [0.1, 0.15) is 5.82 Å². The molecule has 1 aliphatic rings. The van der Waals surface area contributed by atoms with E-state index in [4.69, 9.17) is 9.97 Å². The minimum atomic E-state index is 0.386. The van der Waals surface area contributed by atoms with Crippen LogP contribution in [0.4, 0.5) is 5.82 Å². The lowest BCUT2D eigenvalue weighted by Gasteiger charge is -2.34. The fraction of sp³-hybridized carbons (Fsp3) is 0.250. The summed E-state index contributed by atoms with van der Waals surface area (Å²) < 4.78 is 2.08. The molecule has 4 aromatic rings. The third-order valence-electron chi connectivity index (χ3n) is 4.96. The Bertz CT molecular complexity index is 1010. The third kappa shape index (κ3) is 2.76. The predicted molar refractivity (Wildman–Crippen MR) is 106 cm³/mol. The van der Waals surface area contributed by atoms with Crippen molar-refractivity contribution in [2.75, 3.05) is 18.0 Å². The van der Waals surface area contributed by atoms with Gasteiger partial charge < -0.3 is 4.90 Å². The lowest BCUT2D eigenvalue weighted by atomic mass is 10.1. The number of benzene rings is 1. The quantitative estimate of drug-likeness (QED) is 0.543. The molecule has 0 spiro atoms. The number of nitrogens with zero attached hydrogens (tertiary/aromatic N) is 5. The number of hydrogen-bond acceptors (Lipinski definition) is 5. The van der Waals surface area contributed by atoms with E-state index in [0.29, 0.717) is 6.04 Å². The lowest BCUT2D eigenvalue weighted by molar-refractivity contribution is 0.375. The number of para-hydroxylation sites is 1. The molecule has 130 valence electrons. The van der Waals surface area contributed by atoms with E-state index < -0.39 is 0 Å². The molecule has 0 radical (unpaired) electrons. The number of piperidine rings is 1. The van der Waals surface area contributed by atoms with Crippen molar-refractivity contribution in [3.63, 3.8) is 0 Å². The van der Waals surface area contributed by atoms with E-state index in [9.17, 15) is 0 Å². The molecule has 0 aliphatic carbocycles. The highest BCUT2D eigenvalue weighted by molar-refractivity contribution is 7.08. The van der Waals surface area contributed by atoms with E-state index >= 15 is 0 Å². The van der Waals surface area contributed by atoms with Gasteiger partial charge in [-0.3, -0.25) is 4.68 Å². The van der Waals surface area contributed by atoms with Crippen molar-refractivity contribution in [3.8, 4) is 11.4 Å². The zero-order valence-electron chi connectivity index (χ0n) is 14.3. The van der Waals surface area contributed by atoms with Crippen LogP contribution in [0.15, 0.2) is 59.6 Å². The smallest absolute Gasteiger partial charge is 0.162 e. The maximum absolute atomic E-state index is 4.97. The van der Waals surface area contributed by atoms with E-state index in [0.717, 1.165) is 54.0 Å². The highest BCUT2D eigenvalue weighted by Crippen LogP contribution is 2.32. The van der Waals surface area contributed by atoms with Crippen molar-refractivity contribution < 1.29 is 0 Å². The monoisotopic (exact) mass is 361 g/mol. The van der Waals surface area contributed by atoms with Gasteiger partial charge in [-0.15, -0.1) is 0 Å². The molecule has 0 amide bonds. The summed E-state index contributed by atoms with van der Waals surface area (Å²) in [5.41, 5.74) is 2.09. The Morgan fingerprint density at radius 2 is 2.04 bits per heavy atom. The molecule has 0 N–H and O–H groups in total. The molecule has 26 heavy (non-hydrogen) atoms. The molecule has 1 aromatic carbocycles. The minimum absolute atomic E-state index is 0.386. The number of rotatable bonds is 3. The van der Waals surface area contributed by atoms with E-state index in [1.807, 2.05) is 18.3 Å². The summed E-state index contributed by atoms with van der Waals surface area (Å²) in [7, 11) is 0. The molecular formula is C20H19N5S. The molecule has 4 heterocycles. The van der Waals surface area contributed by atoms with Crippen LogP contribution in [0.3, 0.4) is 0 Å². The van der Waals surface area contributed by atoms with Crippen LogP contribution in [0.1, 0.15) is 18.9 Å². The first-order valence-electron chi connectivity index (χ1n) is 8.92. The topological polar surface area (TPSA) is 46.8 Å². The van der Waals surface area contributed by atoms with Crippen LogP contribution in [0, 0.1) is 0 Å². The summed E-state index contributed by atoms with van der Waals surface area (Å²) in [5, 5.41) is 9.74. The van der Waals surface area contributed by atoms with Crippen LogP contribution in [0.25, 0.3) is 22.3 Å². The highest BCUT2D eigenvalue weighted by atomic mass is 32.1. The molecule has 3 aromatic heterocycles. The Morgan fingerprint density at radius 1 is 1.08 bits per heavy atom. The molecule has 1 unspecified atom stereocenters. The van der Waals surface area contributed by atoms with Gasteiger partial charge in [-0.25, -0.2) is 9.97 Å². The average molecular weight is 361 g/mol. The van der Waals surface area contributed by atoms with Crippen LogP contribution in [0.2, 0.25) is 0 Å². The molecule has 5 rings (SSSR count). The zero-order valence-corrected chi connectivity index (χ0v) is 15.1.